The topological polar surface area (TPSA) is 49.8 Å². The minimum Gasteiger partial charge on any atom is -0.478 e. The molecule has 1 heterocycles. The van der Waals surface area contributed by atoms with Gasteiger partial charge < -0.3 is 9.84 Å². The van der Waals surface area contributed by atoms with E-state index in [-0.39, 0.29) is 0 Å². The summed E-state index contributed by atoms with van der Waals surface area (Å²) in [7, 11) is 0. The van der Waals surface area contributed by atoms with Gasteiger partial charge in [-0.05, 0) is 25.7 Å². The number of aliphatic carboxylic acids is 1. The number of rotatable bonds is 16. The summed E-state index contributed by atoms with van der Waals surface area (Å²) in [6.45, 7) is 3.24. The van der Waals surface area contributed by atoms with Gasteiger partial charge in [0.15, 0.2) is 0 Å². The maximum absolute atomic E-state index is 10.3. The van der Waals surface area contributed by atoms with Crippen molar-refractivity contribution in [1.82, 2.24) is 0 Å². The maximum atomic E-state index is 10.3. The minimum atomic E-state index is -0.837. The second kappa shape index (κ2) is 12.6. The van der Waals surface area contributed by atoms with Crippen LogP contribution in [0.5, 0.6) is 0 Å². The second-order valence-corrected chi connectivity index (χ2v) is 6.99. The van der Waals surface area contributed by atoms with Crippen molar-refractivity contribution < 1.29 is 14.6 Å². The molecule has 3 nitrogen and oxygen atoms in total. The lowest BCUT2D eigenvalue weighted by Crippen LogP contribution is -2.08. The molecule has 1 saturated heterocycles. The summed E-state index contributed by atoms with van der Waals surface area (Å²) in [6, 6.07) is 0. The molecule has 1 fully saturated rings. The van der Waals surface area contributed by atoms with Crippen molar-refractivity contribution in [2.75, 3.05) is 6.61 Å². The van der Waals surface area contributed by atoms with Crippen LogP contribution in [0.3, 0.4) is 0 Å². The van der Waals surface area contributed by atoms with Gasteiger partial charge in [0.2, 0.25) is 0 Å². The Bertz CT molecular complexity index is 332. The minimum absolute atomic E-state index is 0.295. The number of carbonyl (C=O) groups is 1. The normalized spacial score (nSPS) is 20.2. The third-order valence-electron chi connectivity index (χ3n) is 4.96. The molecule has 134 valence electrons. The van der Waals surface area contributed by atoms with Crippen LogP contribution in [0.1, 0.15) is 96.8 Å². The van der Waals surface area contributed by atoms with Crippen LogP contribution < -0.4 is 0 Å². The summed E-state index contributed by atoms with van der Waals surface area (Å²) in [5.41, 5.74) is 0.295. The Labute approximate surface area is 142 Å². The van der Waals surface area contributed by atoms with Crippen molar-refractivity contribution in [2.45, 2.75) is 102 Å². The summed E-state index contributed by atoms with van der Waals surface area (Å²) in [5, 5.41) is 8.46. The molecule has 0 spiro atoms. The third kappa shape index (κ3) is 11.4. The molecule has 1 unspecified atom stereocenters. The van der Waals surface area contributed by atoms with Gasteiger partial charge in [0.05, 0.1) is 12.2 Å². The van der Waals surface area contributed by atoms with Crippen molar-refractivity contribution in [1.29, 1.82) is 0 Å². The third-order valence-corrected chi connectivity index (χ3v) is 4.96. The van der Waals surface area contributed by atoms with Gasteiger partial charge in [-0.1, -0.05) is 77.2 Å². The number of hydrogen-bond acceptors (Lipinski definition) is 2. The molecule has 23 heavy (non-hydrogen) atoms. The number of ether oxygens (including phenoxy) is 1. The molecule has 1 aliphatic rings. The van der Waals surface area contributed by atoms with Crippen LogP contribution in [-0.2, 0) is 9.53 Å². The fraction of sp³-hybridized carbons (Fsp3) is 0.850. The number of unbranched alkanes of at least 4 members (excludes halogenated alkanes) is 11. The van der Waals surface area contributed by atoms with Gasteiger partial charge in [-0.15, -0.1) is 0 Å². The molecular weight excluding hydrogens is 288 g/mol. The molecule has 0 radical (unpaired) electrons. The summed E-state index contributed by atoms with van der Waals surface area (Å²) in [5.74, 6) is -0.837. The van der Waals surface area contributed by atoms with E-state index in [2.05, 4.69) is 6.92 Å². The van der Waals surface area contributed by atoms with Crippen molar-refractivity contribution in [3.8, 4) is 0 Å². The van der Waals surface area contributed by atoms with E-state index in [0.29, 0.717) is 5.60 Å². The smallest absolute Gasteiger partial charge is 0.327 e. The molecule has 0 aromatic rings. The first-order chi connectivity index (χ1) is 11.2. The standard InChI is InChI=1S/C20H36O3/c1-2-20(18-23-20)17-15-13-11-9-7-5-3-4-6-8-10-12-14-16-19(21)22/h14,16H,2-13,15,17-18H2,1H3,(H,21,22). The molecule has 0 aliphatic carbocycles. The molecular formula is C20H36O3. The summed E-state index contributed by atoms with van der Waals surface area (Å²) < 4.78 is 5.54. The highest BCUT2D eigenvalue weighted by Gasteiger charge is 2.41. The predicted octanol–water partition coefficient (Wildman–Crippen LogP) is 5.88. The maximum Gasteiger partial charge on any atom is 0.327 e. The number of carboxylic acids is 1. The van der Waals surface area contributed by atoms with Gasteiger partial charge >= 0.3 is 5.97 Å². The van der Waals surface area contributed by atoms with Crippen LogP contribution in [-0.4, -0.2) is 23.3 Å². The SMILES string of the molecule is CCC1(CCCCCCCCCCCCCC=CC(=O)O)CO1. The van der Waals surface area contributed by atoms with Gasteiger partial charge in [-0.25, -0.2) is 4.79 Å². The van der Waals surface area contributed by atoms with Gasteiger partial charge in [0.1, 0.15) is 0 Å². The fourth-order valence-electron chi connectivity index (χ4n) is 3.11. The molecule has 0 aromatic carbocycles. The second-order valence-electron chi connectivity index (χ2n) is 6.99. The molecule has 0 saturated carbocycles. The van der Waals surface area contributed by atoms with E-state index >= 15 is 0 Å². The molecule has 0 aromatic heterocycles. The Balaban J connectivity index is 1.71. The number of allylic oxidation sites excluding steroid dienone is 1. The van der Waals surface area contributed by atoms with E-state index in [1.807, 2.05) is 0 Å². The zero-order chi connectivity index (χ0) is 16.8. The number of hydrogen-bond donors (Lipinski definition) is 1. The molecule has 1 aliphatic heterocycles. The number of epoxide rings is 1. The first-order valence-corrected chi connectivity index (χ1v) is 9.72. The van der Waals surface area contributed by atoms with Crippen LogP contribution in [0, 0.1) is 0 Å². The van der Waals surface area contributed by atoms with Crippen LogP contribution in [0.2, 0.25) is 0 Å². The van der Waals surface area contributed by atoms with Crippen LogP contribution in [0.4, 0.5) is 0 Å². The highest BCUT2D eigenvalue weighted by atomic mass is 16.6. The summed E-state index contributed by atoms with van der Waals surface area (Å²) >= 11 is 0. The van der Waals surface area contributed by atoms with Crippen molar-refractivity contribution >= 4 is 5.97 Å². The Morgan fingerprint density at radius 1 is 0.957 bits per heavy atom. The van der Waals surface area contributed by atoms with E-state index in [1.54, 1.807) is 6.08 Å². The molecule has 1 N–H and O–H groups in total. The summed E-state index contributed by atoms with van der Waals surface area (Å²) in [4.78, 5) is 10.3. The quantitative estimate of drug-likeness (QED) is 0.219. The molecule has 1 rings (SSSR count). The molecule has 1 atom stereocenters. The van der Waals surface area contributed by atoms with Crippen molar-refractivity contribution in [2.24, 2.45) is 0 Å². The lowest BCUT2D eigenvalue weighted by atomic mass is 9.98. The van der Waals surface area contributed by atoms with Crippen molar-refractivity contribution in [3.05, 3.63) is 12.2 Å². The Hall–Kier alpha value is -0.830. The van der Waals surface area contributed by atoms with E-state index in [0.717, 1.165) is 19.4 Å². The van der Waals surface area contributed by atoms with E-state index in [1.165, 1.54) is 83.1 Å². The Morgan fingerprint density at radius 3 is 1.87 bits per heavy atom. The van der Waals surface area contributed by atoms with Crippen LogP contribution >= 0.6 is 0 Å². The highest BCUT2D eigenvalue weighted by Crippen LogP contribution is 2.36. The zero-order valence-corrected chi connectivity index (χ0v) is 15.0. The van der Waals surface area contributed by atoms with E-state index in [4.69, 9.17) is 9.84 Å². The average Bonchev–Trinajstić information content (AvgIpc) is 3.31. The largest absolute Gasteiger partial charge is 0.478 e. The summed E-state index contributed by atoms with van der Waals surface area (Å²) in [6.07, 6.45) is 20.9. The van der Waals surface area contributed by atoms with Crippen LogP contribution in [0.25, 0.3) is 0 Å². The van der Waals surface area contributed by atoms with E-state index < -0.39 is 5.97 Å². The van der Waals surface area contributed by atoms with Gasteiger partial charge in [-0.2, -0.15) is 0 Å². The number of carboxylic acid groups (broad SMARTS) is 1. The van der Waals surface area contributed by atoms with Crippen LogP contribution in [0.15, 0.2) is 12.2 Å². The fourth-order valence-corrected chi connectivity index (χ4v) is 3.11. The lowest BCUT2D eigenvalue weighted by molar-refractivity contribution is -0.131. The first-order valence-electron chi connectivity index (χ1n) is 9.72. The highest BCUT2D eigenvalue weighted by molar-refractivity contribution is 5.79. The first kappa shape index (κ1) is 20.2. The van der Waals surface area contributed by atoms with Gasteiger partial charge in [-0.3, -0.25) is 0 Å². The van der Waals surface area contributed by atoms with Gasteiger partial charge in [0.25, 0.3) is 0 Å². The van der Waals surface area contributed by atoms with Gasteiger partial charge in [0, 0.05) is 6.08 Å². The Morgan fingerprint density at radius 2 is 1.43 bits per heavy atom. The molecule has 0 bridgehead atoms. The van der Waals surface area contributed by atoms with E-state index in [9.17, 15) is 4.79 Å². The lowest BCUT2D eigenvalue weighted by Gasteiger charge is -2.08. The monoisotopic (exact) mass is 324 g/mol. The molecule has 0 amide bonds. The van der Waals surface area contributed by atoms with Crippen molar-refractivity contribution in [3.63, 3.8) is 0 Å². The molecule has 3 heteroatoms. The predicted molar refractivity (Wildman–Crippen MR) is 95.8 cm³/mol. The zero-order valence-electron chi connectivity index (χ0n) is 15.0. The Kier molecular flexibility index (Phi) is 11.1. The average molecular weight is 325 g/mol.